The summed E-state index contributed by atoms with van der Waals surface area (Å²) in [6.07, 6.45) is 1.83. The van der Waals surface area contributed by atoms with Crippen LogP contribution in [0.25, 0.3) is 0 Å². The SMILES string of the molecule is Cc1ccc(NC(=O)C(C)NC2CCN(c3ccc(C#N)cc3)CC2)c(F)c1. The number of piperidine rings is 1. The molecule has 5 nitrogen and oxygen atoms in total. The monoisotopic (exact) mass is 380 g/mol. The number of aryl methyl sites for hydroxylation is 1. The van der Waals surface area contributed by atoms with Crippen molar-refractivity contribution in [3.63, 3.8) is 0 Å². The van der Waals surface area contributed by atoms with Gasteiger partial charge in [-0.05, 0) is 68.7 Å². The molecule has 2 aromatic rings. The van der Waals surface area contributed by atoms with Crippen molar-refractivity contribution >= 4 is 17.3 Å². The van der Waals surface area contributed by atoms with Gasteiger partial charge >= 0.3 is 0 Å². The lowest BCUT2D eigenvalue weighted by Crippen LogP contribution is -2.49. The Labute approximate surface area is 165 Å². The second-order valence-corrected chi connectivity index (χ2v) is 7.28. The third-order valence-corrected chi connectivity index (χ3v) is 5.12. The third-order valence-electron chi connectivity index (χ3n) is 5.12. The van der Waals surface area contributed by atoms with Crippen molar-refractivity contribution in [1.29, 1.82) is 5.26 Å². The van der Waals surface area contributed by atoms with Crippen LogP contribution in [0.1, 0.15) is 30.9 Å². The van der Waals surface area contributed by atoms with E-state index in [9.17, 15) is 9.18 Å². The predicted molar refractivity (Wildman–Crippen MR) is 109 cm³/mol. The average molecular weight is 380 g/mol. The van der Waals surface area contributed by atoms with E-state index >= 15 is 0 Å². The Balaban J connectivity index is 1.49. The number of nitrogens with one attached hydrogen (secondary N) is 2. The van der Waals surface area contributed by atoms with E-state index in [1.807, 2.05) is 31.2 Å². The summed E-state index contributed by atoms with van der Waals surface area (Å²) in [6, 6.07) is 14.3. The first-order valence-electron chi connectivity index (χ1n) is 9.54. The Bertz CT molecular complexity index is 867. The quantitative estimate of drug-likeness (QED) is 0.832. The number of hydrogen-bond donors (Lipinski definition) is 2. The summed E-state index contributed by atoms with van der Waals surface area (Å²) in [6.45, 7) is 5.37. The molecule has 0 bridgehead atoms. The van der Waals surface area contributed by atoms with Crippen molar-refractivity contribution in [2.75, 3.05) is 23.3 Å². The van der Waals surface area contributed by atoms with Gasteiger partial charge in [-0.25, -0.2) is 4.39 Å². The van der Waals surface area contributed by atoms with Gasteiger partial charge in [-0.15, -0.1) is 0 Å². The molecule has 1 atom stereocenters. The van der Waals surface area contributed by atoms with Crippen LogP contribution in [0, 0.1) is 24.1 Å². The van der Waals surface area contributed by atoms with E-state index in [2.05, 4.69) is 21.6 Å². The van der Waals surface area contributed by atoms with Gasteiger partial charge in [0.05, 0.1) is 23.4 Å². The van der Waals surface area contributed by atoms with Crippen LogP contribution in [0.2, 0.25) is 0 Å². The van der Waals surface area contributed by atoms with Crippen LogP contribution in [-0.2, 0) is 4.79 Å². The molecule has 146 valence electrons. The Morgan fingerprint density at radius 2 is 1.89 bits per heavy atom. The first kappa shape index (κ1) is 19.8. The van der Waals surface area contributed by atoms with Gasteiger partial charge in [0, 0.05) is 24.8 Å². The van der Waals surface area contributed by atoms with Gasteiger partial charge in [-0.2, -0.15) is 5.26 Å². The predicted octanol–water partition coefficient (Wildman–Crippen LogP) is 3.59. The van der Waals surface area contributed by atoms with Crippen molar-refractivity contribution in [1.82, 2.24) is 5.32 Å². The van der Waals surface area contributed by atoms with E-state index in [1.54, 1.807) is 19.1 Å². The summed E-state index contributed by atoms with van der Waals surface area (Å²) in [5, 5.41) is 14.9. The maximum Gasteiger partial charge on any atom is 0.241 e. The molecule has 1 aliphatic heterocycles. The van der Waals surface area contributed by atoms with Crippen LogP contribution < -0.4 is 15.5 Å². The molecule has 1 saturated heterocycles. The molecule has 2 N–H and O–H groups in total. The summed E-state index contributed by atoms with van der Waals surface area (Å²) in [4.78, 5) is 14.7. The van der Waals surface area contributed by atoms with E-state index in [0.717, 1.165) is 37.2 Å². The number of anilines is 2. The molecule has 6 heteroatoms. The van der Waals surface area contributed by atoms with E-state index < -0.39 is 11.9 Å². The van der Waals surface area contributed by atoms with Gasteiger partial charge in [0.2, 0.25) is 5.91 Å². The van der Waals surface area contributed by atoms with E-state index in [-0.39, 0.29) is 17.6 Å². The Hall–Kier alpha value is -2.91. The van der Waals surface area contributed by atoms with Crippen LogP contribution in [0.3, 0.4) is 0 Å². The fraction of sp³-hybridized carbons (Fsp3) is 0.364. The van der Waals surface area contributed by atoms with Crippen molar-refractivity contribution in [2.45, 2.75) is 38.8 Å². The summed E-state index contributed by atoms with van der Waals surface area (Å²) < 4.78 is 13.9. The highest BCUT2D eigenvalue weighted by Gasteiger charge is 2.23. The van der Waals surface area contributed by atoms with Crippen LogP contribution in [0.15, 0.2) is 42.5 Å². The van der Waals surface area contributed by atoms with E-state index in [1.165, 1.54) is 6.07 Å². The minimum Gasteiger partial charge on any atom is -0.371 e. The maximum absolute atomic E-state index is 13.9. The summed E-state index contributed by atoms with van der Waals surface area (Å²) >= 11 is 0. The number of rotatable bonds is 5. The third kappa shape index (κ3) is 4.87. The molecular formula is C22H25FN4O. The summed E-state index contributed by atoms with van der Waals surface area (Å²) in [5.41, 5.74) is 2.79. The summed E-state index contributed by atoms with van der Waals surface area (Å²) in [5.74, 6) is -0.659. The van der Waals surface area contributed by atoms with Crippen LogP contribution in [0.4, 0.5) is 15.8 Å². The van der Waals surface area contributed by atoms with E-state index in [4.69, 9.17) is 5.26 Å². The van der Waals surface area contributed by atoms with Gasteiger partial charge in [-0.1, -0.05) is 6.07 Å². The molecule has 1 heterocycles. The molecule has 0 spiro atoms. The number of nitriles is 1. The molecule has 0 aliphatic carbocycles. The molecule has 0 aromatic heterocycles. The highest BCUT2D eigenvalue weighted by molar-refractivity contribution is 5.94. The first-order valence-corrected chi connectivity index (χ1v) is 9.54. The number of nitrogens with zero attached hydrogens (tertiary/aromatic N) is 2. The molecule has 0 radical (unpaired) electrons. The molecule has 1 fully saturated rings. The Morgan fingerprint density at radius 1 is 1.21 bits per heavy atom. The molecule has 1 amide bonds. The van der Waals surface area contributed by atoms with Crippen LogP contribution in [-0.4, -0.2) is 31.1 Å². The number of benzene rings is 2. The minimum absolute atomic E-state index is 0.208. The Morgan fingerprint density at radius 3 is 2.50 bits per heavy atom. The number of amides is 1. The maximum atomic E-state index is 13.9. The van der Waals surface area contributed by atoms with Gasteiger partial charge < -0.3 is 15.5 Å². The van der Waals surface area contributed by atoms with Crippen molar-refractivity contribution in [2.24, 2.45) is 0 Å². The topological polar surface area (TPSA) is 68.2 Å². The fourth-order valence-corrected chi connectivity index (χ4v) is 3.44. The summed E-state index contributed by atoms with van der Waals surface area (Å²) in [7, 11) is 0. The number of halogens is 1. The van der Waals surface area contributed by atoms with Gasteiger partial charge in [0.1, 0.15) is 5.82 Å². The molecular weight excluding hydrogens is 355 g/mol. The van der Waals surface area contributed by atoms with Crippen molar-refractivity contribution in [3.05, 3.63) is 59.4 Å². The zero-order valence-corrected chi connectivity index (χ0v) is 16.2. The Kier molecular flexibility index (Phi) is 6.27. The zero-order valence-electron chi connectivity index (χ0n) is 16.2. The number of carbonyl (C=O) groups excluding carboxylic acids is 1. The second-order valence-electron chi connectivity index (χ2n) is 7.28. The van der Waals surface area contributed by atoms with Crippen molar-refractivity contribution in [3.8, 4) is 6.07 Å². The van der Waals surface area contributed by atoms with Crippen LogP contribution >= 0.6 is 0 Å². The van der Waals surface area contributed by atoms with E-state index in [0.29, 0.717) is 5.56 Å². The first-order chi connectivity index (χ1) is 13.5. The van der Waals surface area contributed by atoms with Crippen LogP contribution in [0.5, 0.6) is 0 Å². The lowest BCUT2D eigenvalue weighted by Gasteiger charge is -2.35. The smallest absolute Gasteiger partial charge is 0.241 e. The standard InChI is InChI=1S/C22H25FN4O/c1-15-3-8-21(20(23)13-15)26-22(28)16(2)25-18-9-11-27(12-10-18)19-6-4-17(14-24)5-7-19/h3-8,13,16,18,25H,9-12H2,1-2H3,(H,26,28). The van der Waals surface area contributed by atoms with Gasteiger partial charge in [0.15, 0.2) is 0 Å². The fourth-order valence-electron chi connectivity index (χ4n) is 3.44. The minimum atomic E-state index is -0.420. The largest absolute Gasteiger partial charge is 0.371 e. The number of hydrogen-bond acceptors (Lipinski definition) is 4. The molecule has 2 aromatic carbocycles. The zero-order chi connectivity index (χ0) is 20.1. The van der Waals surface area contributed by atoms with Gasteiger partial charge in [-0.3, -0.25) is 4.79 Å². The normalized spacial score (nSPS) is 15.7. The lowest BCUT2D eigenvalue weighted by atomic mass is 10.0. The molecule has 3 rings (SSSR count). The average Bonchev–Trinajstić information content (AvgIpc) is 2.70. The number of carbonyl (C=O) groups is 1. The highest BCUT2D eigenvalue weighted by atomic mass is 19.1. The second kappa shape index (κ2) is 8.85. The van der Waals surface area contributed by atoms with Crippen molar-refractivity contribution < 1.29 is 9.18 Å². The molecule has 0 saturated carbocycles. The highest BCUT2D eigenvalue weighted by Crippen LogP contribution is 2.21. The lowest BCUT2D eigenvalue weighted by molar-refractivity contribution is -0.118. The molecule has 1 unspecified atom stereocenters. The molecule has 1 aliphatic rings. The van der Waals surface area contributed by atoms with Gasteiger partial charge in [0.25, 0.3) is 0 Å². The molecule has 28 heavy (non-hydrogen) atoms.